The molecule has 9 heteroatoms. The second kappa shape index (κ2) is 8.63. The van der Waals surface area contributed by atoms with Gasteiger partial charge in [-0.2, -0.15) is 0 Å². The van der Waals surface area contributed by atoms with Crippen molar-refractivity contribution in [3.8, 4) is 0 Å². The first-order valence-electron chi connectivity index (χ1n) is 10.9. The number of aliphatic hydroxyl groups is 1. The Balaban J connectivity index is 1.62. The highest BCUT2D eigenvalue weighted by molar-refractivity contribution is 5.83. The van der Waals surface area contributed by atoms with Crippen LogP contribution in [0.15, 0.2) is 40.1 Å². The van der Waals surface area contributed by atoms with Crippen molar-refractivity contribution in [2.45, 2.75) is 38.3 Å². The van der Waals surface area contributed by atoms with E-state index in [1.807, 2.05) is 7.05 Å². The number of rotatable bonds is 4. The summed E-state index contributed by atoms with van der Waals surface area (Å²) >= 11 is 0. The summed E-state index contributed by atoms with van der Waals surface area (Å²) in [6, 6.07) is 5.87. The number of β-amino-alcohol motifs (C(OH)–C–C–N with tert-alkyl or cyclic N) is 1. The third-order valence-electron chi connectivity index (χ3n) is 6.93. The molecule has 2 aromatic rings. The predicted octanol–water partition coefficient (Wildman–Crippen LogP) is 0.683. The fraction of sp³-hybridized carbons (Fsp3) is 0.522. The Labute approximate surface area is 185 Å². The molecule has 2 aliphatic heterocycles. The molecule has 8 nitrogen and oxygen atoms in total. The number of nitrogens with zero attached hydrogens (tertiary/aromatic N) is 3. The van der Waals surface area contributed by atoms with E-state index in [1.54, 1.807) is 30.0 Å². The number of carbonyl (C=O) groups is 1. The van der Waals surface area contributed by atoms with Gasteiger partial charge in [0, 0.05) is 24.8 Å². The van der Waals surface area contributed by atoms with Crippen molar-refractivity contribution in [1.29, 1.82) is 0 Å². The highest BCUT2D eigenvalue weighted by Crippen LogP contribution is 2.39. The number of piperidine rings is 1. The Morgan fingerprint density at radius 1 is 1.22 bits per heavy atom. The number of aliphatic hydroxyl groups excluding tert-OH is 1. The average molecular weight is 445 g/mol. The molecule has 2 N–H and O–H groups in total. The van der Waals surface area contributed by atoms with E-state index in [4.69, 9.17) is 0 Å². The minimum Gasteiger partial charge on any atom is -0.389 e. The number of amides is 1. The van der Waals surface area contributed by atoms with Crippen LogP contribution in [0.4, 0.5) is 4.39 Å². The largest absolute Gasteiger partial charge is 0.389 e. The first-order valence-corrected chi connectivity index (χ1v) is 10.9. The number of aromatic nitrogens is 2. The molecule has 3 heterocycles. The highest BCUT2D eigenvalue weighted by Gasteiger charge is 2.47. The molecule has 2 saturated heterocycles. The lowest BCUT2D eigenvalue weighted by Gasteiger charge is -2.41. The van der Waals surface area contributed by atoms with Crippen LogP contribution in [0.25, 0.3) is 0 Å². The van der Waals surface area contributed by atoms with E-state index in [0.717, 1.165) is 13.1 Å². The van der Waals surface area contributed by atoms with Gasteiger partial charge in [0.2, 0.25) is 5.91 Å². The molecule has 2 atom stereocenters. The minimum atomic E-state index is -0.946. The van der Waals surface area contributed by atoms with Crippen LogP contribution in [0.1, 0.15) is 30.0 Å². The SMILES string of the molecule is Cc1cn([C@H]2CN(C(=O)C3(Cc4ccccc4F)CCN(C)CC3)C[C@@H]2O)c(=O)[nH]c1=O. The molecule has 1 aromatic heterocycles. The Morgan fingerprint density at radius 3 is 2.59 bits per heavy atom. The summed E-state index contributed by atoms with van der Waals surface area (Å²) in [4.78, 5) is 43.8. The lowest BCUT2D eigenvalue weighted by Crippen LogP contribution is -2.50. The maximum Gasteiger partial charge on any atom is 0.328 e. The normalized spacial score (nSPS) is 23.4. The fourth-order valence-electron chi connectivity index (χ4n) is 4.90. The lowest BCUT2D eigenvalue weighted by atomic mass is 9.72. The molecule has 1 amide bonds. The molecule has 1 aromatic carbocycles. The van der Waals surface area contributed by atoms with Crippen molar-refractivity contribution in [2.75, 3.05) is 33.2 Å². The van der Waals surface area contributed by atoms with E-state index in [2.05, 4.69) is 9.88 Å². The smallest absolute Gasteiger partial charge is 0.328 e. The van der Waals surface area contributed by atoms with Crippen molar-refractivity contribution in [3.63, 3.8) is 0 Å². The zero-order valence-electron chi connectivity index (χ0n) is 18.4. The van der Waals surface area contributed by atoms with Gasteiger partial charge in [-0.05, 0) is 58.0 Å². The molecule has 0 spiro atoms. The van der Waals surface area contributed by atoms with Gasteiger partial charge >= 0.3 is 5.69 Å². The number of aromatic amines is 1. The average Bonchev–Trinajstić information content (AvgIpc) is 3.15. The van der Waals surface area contributed by atoms with Gasteiger partial charge in [0.15, 0.2) is 0 Å². The van der Waals surface area contributed by atoms with Crippen molar-refractivity contribution >= 4 is 5.91 Å². The van der Waals surface area contributed by atoms with Crippen molar-refractivity contribution < 1.29 is 14.3 Å². The van der Waals surface area contributed by atoms with Crippen LogP contribution in [0.3, 0.4) is 0 Å². The van der Waals surface area contributed by atoms with E-state index >= 15 is 0 Å². The second-order valence-corrected chi connectivity index (χ2v) is 9.18. The molecular weight excluding hydrogens is 415 g/mol. The molecule has 0 bridgehead atoms. The summed E-state index contributed by atoms with van der Waals surface area (Å²) in [5.74, 6) is -0.446. The fourth-order valence-corrected chi connectivity index (χ4v) is 4.90. The Kier molecular flexibility index (Phi) is 6.05. The molecule has 0 aliphatic carbocycles. The van der Waals surface area contributed by atoms with E-state index < -0.39 is 28.8 Å². The van der Waals surface area contributed by atoms with Gasteiger partial charge in [-0.1, -0.05) is 18.2 Å². The third-order valence-corrected chi connectivity index (χ3v) is 6.93. The van der Waals surface area contributed by atoms with Crippen LogP contribution >= 0.6 is 0 Å². The van der Waals surface area contributed by atoms with Crippen LogP contribution in [-0.4, -0.2) is 69.7 Å². The number of likely N-dealkylation sites (tertiary alicyclic amines) is 2. The first kappa shape index (κ1) is 22.4. The number of benzene rings is 1. The third kappa shape index (κ3) is 4.14. The summed E-state index contributed by atoms with van der Waals surface area (Å²) in [6.45, 7) is 3.27. The maximum atomic E-state index is 14.4. The number of aryl methyl sites for hydroxylation is 1. The summed E-state index contributed by atoms with van der Waals surface area (Å²) in [6.07, 6.45) is 1.95. The van der Waals surface area contributed by atoms with Crippen molar-refractivity contribution in [1.82, 2.24) is 19.4 Å². The van der Waals surface area contributed by atoms with Gasteiger partial charge in [-0.15, -0.1) is 0 Å². The number of hydrogen-bond donors (Lipinski definition) is 2. The van der Waals surface area contributed by atoms with Crippen LogP contribution < -0.4 is 11.2 Å². The zero-order chi connectivity index (χ0) is 23.0. The maximum absolute atomic E-state index is 14.4. The molecule has 4 rings (SSSR count). The summed E-state index contributed by atoms with van der Waals surface area (Å²) in [5, 5.41) is 10.7. The topological polar surface area (TPSA) is 98.6 Å². The van der Waals surface area contributed by atoms with E-state index in [9.17, 15) is 23.9 Å². The lowest BCUT2D eigenvalue weighted by molar-refractivity contribution is -0.144. The standard InChI is InChI=1S/C23H29FN4O4/c1-15-12-28(22(32)25-20(15)30)18-13-27(14-19(18)29)21(31)23(7-9-26(2)10-8-23)11-16-5-3-4-6-17(16)24/h3-6,12,18-19,29H,7-11,13-14H2,1-2H3,(H,25,30,32)/t18-,19-/m0/s1. The summed E-state index contributed by atoms with van der Waals surface area (Å²) in [7, 11) is 2.00. The highest BCUT2D eigenvalue weighted by atomic mass is 19.1. The van der Waals surface area contributed by atoms with Gasteiger partial charge in [0.1, 0.15) is 5.82 Å². The Bertz CT molecular complexity index is 1120. The Morgan fingerprint density at radius 2 is 1.91 bits per heavy atom. The predicted molar refractivity (Wildman–Crippen MR) is 117 cm³/mol. The molecule has 2 fully saturated rings. The van der Waals surface area contributed by atoms with Gasteiger partial charge in [-0.25, -0.2) is 9.18 Å². The van der Waals surface area contributed by atoms with Gasteiger partial charge in [-0.3, -0.25) is 19.1 Å². The number of halogens is 1. The molecule has 0 saturated carbocycles. The summed E-state index contributed by atoms with van der Waals surface area (Å²) < 4.78 is 15.7. The van der Waals surface area contributed by atoms with Gasteiger partial charge < -0.3 is 14.9 Å². The number of nitrogens with one attached hydrogen (secondary N) is 1. The molecule has 32 heavy (non-hydrogen) atoms. The van der Waals surface area contributed by atoms with Crippen LogP contribution in [-0.2, 0) is 11.2 Å². The quantitative estimate of drug-likeness (QED) is 0.723. The van der Waals surface area contributed by atoms with E-state index in [1.165, 1.54) is 16.8 Å². The molecule has 0 radical (unpaired) electrons. The monoisotopic (exact) mass is 444 g/mol. The first-order chi connectivity index (χ1) is 15.2. The number of carbonyl (C=O) groups excluding carboxylic acids is 1. The second-order valence-electron chi connectivity index (χ2n) is 9.18. The van der Waals surface area contributed by atoms with Gasteiger partial charge in [0.05, 0.1) is 17.6 Å². The van der Waals surface area contributed by atoms with Crippen LogP contribution in [0.5, 0.6) is 0 Å². The van der Waals surface area contributed by atoms with E-state index in [-0.39, 0.29) is 24.8 Å². The number of hydrogen-bond acceptors (Lipinski definition) is 5. The van der Waals surface area contributed by atoms with Crippen LogP contribution in [0.2, 0.25) is 0 Å². The zero-order valence-corrected chi connectivity index (χ0v) is 18.4. The summed E-state index contributed by atoms with van der Waals surface area (Å²) in [5.41, 5.74) is -0.988. The molecule has 172 valence electrons. The molecule has 2 aliphatic rings. The number of H-pyrrole nitrogens is 1. The molecular formula is C23H29FN4O4. The molecule has 0 unspecified atom stereocenters. The minimum absolute atomic E-state index is 0.0863. The van der Waals surface area contributed by atoms with Gasteiger partial charge in [0.25, 0.3) is 5.56 Å². The van der Waals surface area contributed by atoms with Crippen molar-refractivity contribution in [2.24, 2.45) is 5.41 Å². The van der Waals surface area contributed by atoms with Crippen molar-refractivity contribution in [3.05, 3.63) is 68.2 Å². The Hall–Kier alpha value is -2.78. The van der Waals surface area contributed by atoms with E-state index in [0.29, 0.717) is 30.4 Å². The van der Waals surface area contributed by atoms with Crippen LogP contribution in [0, 0.1) is 18.2 Å².